The number of pyridine rings is 1. The van der Waals surface area contributed by atoms with Crippen molar-refractivity contribution >= 4 is 17.3 Å². The van der Waals surface area contributed by atoms with Crippen LogP contribution in [0.4, 0.5) is 0 Å². The molecule has 0 spiro atoms. The summed E-state index contributed by atoms with van der Waals surface area (Å²) < 4.78 is 2.39. The van der Waals surface area contributed by atoms with Gasteiger partial charge in [0.05, 0.1) is 17.8 Å². The first kappa shape index (κ1) is 19.6. The van der Waals surface area contributed by atoms with E-state index in [0.29, 0.717) is 0 Å². The molecule has 150 valence electrons. The maximum atomic E-state index is 5.69. The molecule has 29 heavy (non-hydrogen) atoms. The second-order valence-corrected chi connectivity index (χ2v) is 7.94. The van der Waals surface area contributed by atoms with Crippen LogP contribution in [0.1, 0.15) is 54.1 Å². The molecular weight excluding hydrogens is 376 g/mol. The summed E-state index contributed by atoms with van der Waals surface area (Å²) in [6, 6.07) is 17.2. The molecule has 4 rings (SSSR count). The Balaban J connectivity index is 1.85. The topological polar surface area (TPSA) is 33.1 Å². The van der Waals surface area contributed by atoms with Gasteiger partial charge in [-0.1, -0.05) is 31.2 Å². The maximum Gasteiger partial charge on any atom is 0.170 e. The summed E-state index contributed by atoms with van der Waals surface area (Å²) in [5.74, 6) is 0. The molecule has 0 unspecified atom stereocenters. The summed E-state index contributed by atoms with van der Waals surface area (Å²) in [7, 11) is 0. The third-order valence-corrected chi connectivity index (χ3v) is 6.29. The van der Waals surface area contributed by atoms with Crippen molar-refractivity contribution in [2.45, 2.75) is 46.2 Å². The van der Waals surface area contributed by atoms with E-state index in [0.717, 1.165) is 23.8 Å². The van der Waals surface area contributed by atoms with Crippen LogP contribution < -0.4 is 5.32 Å². The first-order valence-electron chi connectivity index (χ1n) is 10.3. The molecule has 1 aliphatic rings. The highest BCUT2D eigenvalue weighted by molar-refractivity contribution is 7.80. The highest BCUT2D eigenvalue weighted by Gasteiger charge is 2.40. The van der Waals surface area contributed by atoms with Crippen LogP contribution in [-0.4, -0.2) is 26.1 Å². The number of aryl methyl sites for hydroxylation is 2. The molecule has 2 aromatic heterocycles. The summed E-state index contributed by atoms with van der Waals surface area (Å²) in [6.07, 6.45) is 2.86. The van der Waals surface area contributed by atoms with Crippen LogP contribution in [0.2, 0.25) is 0 Å². The molecule has 0 radical (unpaired) electrons. The molecule has 1 N–H and O–H groups in total. The minimum absolute atomic E-state index is 0.0408. The second-order valence-electron chi connectivity index (χ2n) is 7.56. The molecular formula is C24H28N4S. The van der Waals surface area contributed by atoms with E-state index in [1.807, 2.05) is 18.3 Å². The number of benzene rings is 1. The first-order chi connectivity index (χ1) is 14.1. The van der Waals surface area contributed by atoms with Gasteiger partial charge in [0, 0.05) is 29.8 Å². The van der Waals surface area contributed by atoms with Gasteiger partial charge in [-0.3, -0.25) is 4.98 Å². The fourth-order valence-corrected chi connectivity index (χ4v) is 4.94. The van der Waals surface area contributed by atoms with Crippen molar-refractivity contribution in [2.24, 2.45) is 0 Å². The van der Waals surface area contributed by atoms with Crippen molar-refractivity contribution in [3.63, 3.8) is 0 Å². The van der Waals surface area contributed by atoms with Gasteiger partial charge in [-0.05, 0) is 74.8 Å². The predicted octanol–water partition coefficient (Wildman–Crippen LogP) is 5.04. The largest absolute Gasteiger partial charge is 0.352 e. The van der Waals surface area contributed by atoms with Crippen LogP contribution in [0, 0.1) is 13.8 Å². The zero-order valence-corrected chi connectivity index (χ0v) is 18.3. The van der Waals surface area contributed by atoms with E-state index < -0.39 is 0 Å². The lowest BCUT2D eigenvalue weighted by Crippen LogP contribution is -2.29. The fourth-order valence-electron chi connectivity index (χ4n) is 4.57. The Hall–Kier alpha value is -2.66. The molecule has 0 saturated carbocycles. The third kappa shape index (κ3) is 3.33. The van der Waals surface area contributed by atoms with Crippen LogP contribution >= 0.6 is 12.2 Å². The number of likely N-dealkylation sites (N-methyl/N-ethyl adjacent to an activating group) is 1. The average molecular weight is 405 g/mol. The van der Waals surface area contributed by atoms with E-state index in [4.69, 9.17) is 12.2 Å². The first-order valence-corrected chi connectivity index (χ1v) is 10.7. The average Bonchev–Trinajstić information content (AvgIpc) is 3.23. The van der Waals surface area contributed by atoms with Gasteiger partial charge in [0.15, 0.2) is 5.11 Å². The van der Waals surface area contributed by atoms with Crippen molar-refractivity contribution in [2.75, 3.05) is 6.54 Å². The molecule has 2 atom stereocenters. The number of nitrogens with one attached hydrogen (secondary N) is 1. The summed E-state index contributed by atoms with van der Waals surface area (Å²) in [4.78, 5) is 6.91. The SMILES string of the molecule is CCc1ccccc1-n1c(C)cc([C@H]2[C@@H](c3ccccn3)NC(=S)N2CC)c1C. The number of thiocarbonyl (C=S) groups is 1. The quantitative estimate of drug-likeness (QED) is 0.604. The Kier molecular flexibility index (Phi) is 5.41. The number of rotatable bonds is 5. The molecule has 1 fully saturated rings. The predicted molar refractivity (Wildman–Crippen MR) is 122 cm³/mol. The molecule has 3 aromatic rings. The highest BCUT2D eigenvalue weighted by Crippen LogP contribution is 2.41. The van der Waals surface area contributed by atoms with E-state index in [1.54, 1.807) is 0 Å². The zero-order valence-electron chi connectivity index (χ0n) is 17.5. The van der Waals surface area contributed by atoms with Crippen molar-refractivity contribution in [3.05, 3.63) is 82.9 Å². The monoisotopic (exact) mass is 404 g/mol. The van der Waals surface area contributed by atoms with Crippen molar-refractivity contribution in [1.29, 1.82) is 0 Å². The van der Waals surface area contributed by atoms with Crippen LogP contribution in [0.25, 0.3) is 5.69 Å². The maximum absolute atomic E-state index is 5.69. The lowest BCUT2D eigenvalue weighted by molar-refractivity contribution is 0.329. The third-order valence-electron chi connectivity index (χ3n) is 5.94. The van der Waals surface area contributed by atoms with Gasteiger partial charge in [-0.25, -0.2) is 0 Å². The van der Waals surface area contributed by atoms with E-state index in [9.17, 15) is 0 Å². The molecule has 4 nitrogen and oxygen atoms in total. The van der Waals surface area contributed by atoms with Crippen molar-refractivity contribution in [3.8, 4) is 5.69 Å². The van der Waals surface area contributed by atoms with Gasteiger partial charge in [-0.2, -0.15) is 0 Å². The molecule has 1 aliphatic heterocycles. The van der Waals surface area contributed by atoms with Crippen LogP contribution in [-0.2, 0) is 6.42 Å². The molecule has 1 aromatic carbocycles. The van der Waals surface area contributed by atoms with Gasteiger partial charge in [0.2, 0.25) is 0 Å². The van der Waals surface area contributed by atoms with Gasteiger partial charge in [0.1, 0.15) is 0 Å². The Morgan fingerprint density at radius 2 is 1.83 bits per heavy atom. The molecule has 0 bridgehead atoms. The Morgan fingerprint density at radius 3 is 2.52 bits per heavy atom. The Labute approximate surface area is 178 Å². The molecule has 0 aliphatic carbocycles. The molecule has 5 heteroatoms. The van der Waals surface area contributed by atoms with Crippen LogP contribution in [0.5, 0.6) is 0 Å². The molecule has 0 amide bonds. The number of hydrogen-bond acceptors (Lipinski definition) is 2. The minimum atomic E-state index is 0.0408. The lowest BCUT2D eigenvalue weighted by Gasteiger charge is -2.27. The standard InChI is InChI=1S/C24H28N4S/c1-5-18-11-7-8-13-21(18)28-16(3)15-19(17(28)4)23-22(20-12-9-10-14-25-20)26-24(29)27(23)6-2/h7-15,22-23H,5-6H2,1-4H3,(H,26,29)/t22-,23+/m1/s1. The number of hydrogen-bond donors (Lipinski definition) is 1. The second kappa shape index (κ2) is 7.99. The van der Waals surface area contributed by atoms with E-state index in [1.165, 1.54) is 28.2 Å². The number of nitrogens with zero attached hydrogens (tertiary/aromatic N) is 3. The Bertz CT molecular complexity index is 1020. The normalized spacial score (nSPS) is 18.9. The van der Waals surface area contributed by atoms with Gasteiger partial charge < -0.3 is 14.8 Å². The molecule has 1 saturated heterocycles. The van der Waals surface area contributed by atoms with E-state index in [-0.39, 0.29) is 12.1 Å². The summed E-state index contributed by atoms with van der Waals surface area (Å²) in [5.41, 5.74) is 7.45. The summed E-state index contributed by atoms with van der Waals surface area (Å²) in [6.45, 7) is 9.64. The Morgan fingerprint density at radius 1 is 1.07 bits per heavy atom. The van der Waals surface area contributed by atoms with Crippen LogP contribution in [0.15, 0.2) is 54.7 Å². The fraction of sp³-hybridized carbons (Fsp3) is 0.333. The summed E-state index contributed by atoms with van der Waals surface area (Å²) >= 11 is 5.69. The van der Waals surface area contributed by atoms with Gasteiger partial charge in [-0.15, -0.1) is 0 Å². The van der Waals surface area contributed by atoms with Crippen molar-refractivity contribution < 1.29 is 0 Å². The smallest absolute Gasteiger partial charge is 0.170 e. The van der Waals surface area contributed by atoms with Gasteiger partial charge in [0.25, 0.3) is 0 Å². The van der Waals surface area contributed by atoms with Crippen molar-refractivity contribution in [1.82, 2.24) is 19.8 Å². The number of para-hydroxylation sites is 1. The van der Waals surface area contributed by atoms with E-state index in [2.05, 4.69) is 83.9 Å². The zero-order chi connectivity index (χ0) is 20.5. The molecule has 3 heterocycles. The lowest BCUT2D eigenvalue weighted by atomic mass is 9.97. The number of aromatic nitrogens is 2. The highest BCUT2D eigenvalue weighted by atomic mass is 32.1. The van der Waals surface area contributed by atoms with Crippen LogP contribution in [0.3, 0.4) is 0 Å². The van der Waals surface area contributed by atoms with E-state index >= 15 is 0 Å². The van der Waals surface area contributed by atoms with Gasteiger partial charge >= 0.3 is 0 Å². The minimum Gasteiger partial charge on any atom is -0.352 e. The summed E-state index contributed by atoms with van der Waals surface area (Å²) in [5, 5.41) is 4.32.